The van der Waals surface area contributed by atoms with Crippen molar-refractivity contribution >= 4 is 51.9 Å². The third-order valence-corrected chi connectivity index (χ3v) is 5.60. The highest BCUT2D eigenvalue weighted by atomic mass is 32.2. The lowest BCUT2D eigenvalue weighted by atomic mass is 10.2. The third-order valence-electron chi connectivity index (χ3n) is 4.22. The Morgan fingerprint density at radius 3 is 2.67 bits per heavy atom. The van der Waals surface area contributed by atoms with Crippen molar-refractivity contribution < 1.29 is 19.1 Å². The Hall–Kier alpha value is -2.84. The van der Waals surface area contributed by atoms with Crippen molar-refractivity contribution in [2.24, 2.45) is 0 Å². The molecule has 30 heavy (non-hydrogen) atoms. The van der Waals surface area contributed by atoms with Crippen molar-refractivity contribution in [1.29, 1.82) is 0 Å². The zero-order valence-electron chi connectivity index (χ0n) is 16.7. The largest absolute Gasteiger partial charge is 0.493 e. The summed E-state index contributed by atoms with van der Waals surface area (Å²) in [4.78, 5) is 26.8. The van der Waals surface area contributed by atoms with E-state index in [0.29, 0.717) is 33.0 Å². The molecule has 0 aromatic heterocycles. The van der Waals surface area contributed by atoms with Crippen LogP contribution < -0.4 is 14.8 Å². The van der Waals surface area contributed by atoms with Crippen molar-refractivity contribution in [3.05, 3.63) is 59.0 Å². The minimum absolute atomic E-state index is 0.0799. The minimum Gasteiger partial charge on any atom is -0.493 e. The van der Waals surface area contributed by atoms with E-state index in [1.807, 2.05) is 25.1 Å². The Kier molecular flexibility index (Phi) is 7.48. The predicted octanol–water partition coefficient (Wildman–Crippen LogP) is 4.32. The molecule has 3 rings (SSSR count). The van der Waals surface area contributed by atoms with Crippen LogP contribution in [0.15, 0.2) is 53.4 Å². The summed E-state index contributed by atoms with van der Waals surface area (Å²) in [6.07, 6.45) is 2.63. The highest BCUT2D eigenvalue weighted by Crippen LogP contribution is 2.34. The molecule has 1 aliphatic heterocycles. The van der Waals surface area contributed by atoms with Gasteiger partial charge in [-0.2, -0.15) is 0 Å². The first-order chi connectivity index (χ1) is 14.5. The molecular weight excluding hydrogens is 420 g/mol. The van der Waals surface area contributed by atoms with Crippen molar-refractivity contribution in [2.45, 2.75) is 13.3 Å². The van der Waals surface area contributed by atoms with Gasteiger partial charge in [0.05, 0.1) is 12.0 Å². The average Bonchev–Trinajstić information content (AvgIpc) is 3.01. The van der Waals surface area contributed by atoms with Gasteiger partial charge in [0, 0.05) is 12.2 Å². The first-order valence-corrected chi connectivity index (χ1v) is 10.7. The maximum Gasteiger partial charge on any atom is 0.266 e. The lowest BCUT2D eigenvalue weighted by molar-refractivity contribution is -0.122. The van der Waals surface area contributed by atoms with Gasteiger partial charge < -0.3 is 14.8 Å². The number of nitrogens with zero attached hydrogens (tertiary/aromatic N) is 1. The van der Waals surface area contributed by atoms with Crippen molar-refractivity contribution in [1.82, 2.24) is 4.90 Å². The van der Waals surface area contributed by atoms with Gasteiger partial charge in [-0.25, -0.2) is 0 Å². The fraction of sp³-hybridized carbons (Fsp3) is 0.227. The smallest absolute Gasteiger partial charge is 0.266 e. The van der Waals surface area contributed by atoms with Gasteiger partial charge in [0.15, 0.2) is 18.1 Å². The number of anilines is 1. The van der Waals surface area contributed by atoms with E-state index in [0.717, 1.165) is 12.0 Å². The number of amides is 2. The van der Waals surface area contributed by atoms with E-state index in [4.69, 9.17) is 21.7 Å². The molecule has 1 fully saturated rings. The molecule has 1 N–H and O–H groups in total. The molecule has 156 valence electrons. The molecule has 0 aliphatic carbocycles. The molecule has 2 aromatic rings. The standard InChI is InChI=1S/C22H22N2O4S2/c1-3-11-24-21(26)19(30-22(24)29)13-15-9-10-17(18(12-15)27-2)28-14-20(25)23-16-7-5-4-6-8-16/h4-10,12-13H,3,11,14H2,1-2H3,(H,23,25)/b19-13+. The molecule has 6 nitrogen and oxygen atoms in total. The van der Waals surface area contributed by atoms with Gasteiger partial charge in [-0.15, -0.1) is 0 Å². The van der Waals surface area contributed by atoms with Gasteiger partial charge in [-0.05, 0) is 42.3 Å². The quantitative estimate of drug-likeness (QED) is 0.485. The SMILES string of the molecule is CCCN1C(=O)/C(=C\c2ccc(OCC(=O)Nc3ccccc3)c(OC)c2)SC1=S. The van der Waals surface area contributed by atoms with Crippen molar-refractivity contribution in [3.63, 3.8) is 0 Å². The summed E-state index contributed by atoms with van der Waals surface area (Å²) in [6.45, 7) is 2.47. The second-order valence-electron chi connectivity index (χ2n) is 6.45. The van der Waals surface area contributed by atoms with E-state index in [9.17, 15) is 9.59 Å². The van der Waals surface area contributed by atoms with Crippen molar-refractivity contribution in [3.8, 4) is 11.5 Å². The zero-order valence-corrected chi connectivity index (χ0v) is 18.3. The Balaban J connectivity index is 1.67. The van der Waals surface area contributed by atoms with Crippen LogP contribution in [0.25, 0.3) is 6.08 Å². The van der Waals surface area contributed by atoms with Crippen LogP contribution in [0.3, 0.4) is 0 Å². The molecule has 2 amide bonds. The van der Waals surface area contributed by atoms with E-state index in [1.165, 1.54) is 18.9 Å². The van der Waals surface area contributed by atoms with Gasteiger partial charge in [0.25, 0.3) is 11.8 Å². The summed E-state index contributed by atoms with van der Waals surface area (Å²) in [7, 11) is 1.52. The normalized spacial score (nSPS) is 14.9. The number of para-hydroxylation sites is 1. The first kappa shape index (κ1) is 21.9. The highest BCUT2D eigenvalue weighted by molar-refractivity contribution is 8.26. The summed E-state index contributed by atoms with van der Waals surface area (Å²) in [5.74, 6) is 0.562. The number of hydrogen-bond acceptors (Lipinski definition) is 6. The lowest BCUT2D eigenvalue weighted by Gasteiger charge is -2.12. The fourth-order valence-electron chi connectivity index (χ4n) is 2.82. The van der Waals surface area contributed by atoms with Crippen LogP contribution in [0.4, 0.5) is 5.69 Å². The minimum atomic E-state index is -0.271. The van der Waals surface area contributed by atoms with Crippen LogP contribution in [-0.4, -0.2) is 41.3 Å². The molecule has 2 aromatic carbocycles. The number of carbonyl (C=O) groups excluding carboxylic acids is 2. The number of methoxy groups -OCH3 is 1. The number of nitrogens with one attached hydrogen (secondary N) is 1. The molecule has 8 heteroatoms. The Bertz CT molecular complexity index is 976. The van der Waals surface area contributed by atoms with E-state index >= 15 is 0 Å². The first-order valence-electron chi connectivity index (χ1n) is 9.43. The zero-order chi connectivity index (χ0) is 21.5. The van der Waals surface area contributed by atoms with Gasteiger partial charge in [-0.3, -0.25) is 14.5 Å². The maximum absolute atomic E-state index is 12.5. The van der Waals surface area contributed by atoms with Crippen LogP contribution in [0.1, 0.15) is 18.9 Å². The number of rotatable bonds is 8. The summed E-state index contributed by atoms with van der Waals surface area (Å²) < 4.78 is 11.6. The molecule has 0 radical (unpaired) electrons. The number of ether oxygens (including phenoxy) is 2. The predicted molar refractivity (Wildman–Crippen MR) is 124 cm³/mol. The Morgan fingerprint density at radius 2 is 1.97 bits per heavy atom. The molecule has 1 heterocycles. The van der Waals surface area contributed by atoms with Crippen LogP contribution >= 0.6 is 24.0 Å². The second kappa shape index (κ2) is 10.3. The molecule has 0 spiro atoms. The number of carbonyl (C=O) groups is 2. The van der Waals surface area contributed by atoms with Crippen LogP contribution in [0.5, 0.6) is 11.5 Å². The van der Waals surface area contributed by atoms with Crippen LogP contribution in [-0.2, 0) is 9.59 Å². The fourth-order valence-corrected chi connectivity index (χ4v) is 4.13. The highest BCUT2D eigenvalue weighted by Gasteiger charge is 2.31. The van der Waals surface area contributed by atoms with Gasteiger partial charge in [-0.1, -0.05) is 55.2 Å². The lowest BCUT2D eigenvalue weighted by Crippen LogP contribution is -2.28. The summed E-state index contributed by atoms with van der Waals surface area (Å²) >= 11 is 6.59. The van der Waals surface area contributed by atoms with E-state index in [1.54, 1.807) is 41.3 Å². The molecular formula is C22H22N2O4S2. The molecule has 0 unspecified atom stereocenters. The molecule has 0 bridgehead atoms. The third kappa shape index (κ3) is 5.40. The summed E-state index contributed by atoms with van der Waals surface area (Å²) in [6, 6.07) is 14.4. The number of thioether (sulfide) groups is 1. The van der Waals surface area contributed by atoms with Gasteiger partial charge >= 0.3 is 0 Å². The van der Waals surface area contributed by atoms with Crippen molar-refractivity contribution in [2.75, 3.05) is 25.6 Å². The number of hydrogen-bond donors (Lipinski definition) is 1. The van der Waals surface area contributed by atoms with E-state index in [-0.39, 0.29) is 18.4 Å². The Morgan fingerprint density at radius 1 is 1.20 bits per heavy atom. The molecule has 1 saturated heterocycles. The monoisotopic (exact) mass is 442 g/mol. The van der Waals surface area contributed by atoms with E-state index < -0.39 is 0 Å². The molecule has 1 aliphatic rings. The summed E-state index contributed by atoms with van der Waals surface area (Å²) in [5, 5.41) is 2.76. The molecule has 0 saturated carbocycles. The van der Waals surface area contributed by atoms with Crippen LogP contribution in [0, 0.1) is 0 Å². The second-order valence-corrected chi connectivity index (χ2v) is 8.12. The topological polar surface area (TPSA) is 67.9 Å². The van der Waals surface area contributed by atoms with Crippen LogP contribution in [0.2, 0.25) is 0 Å². The average molecular weight is 443 g/mol. The number of benzene rings is 2. The maximum atomic E-state index is 12.5. The van der Waals surface area contributed by atoms with Gasteiger partial charge in [0.1, 0.15) is 4.32 Å². The van der Waals surface area contributed by atoms with E-state index in [2.05, 4.69) is 5.32 Å². The molecule has 0 atom stereocenters. The number of thiocarbonyl (C=S) groups is 1. The summed E-state index contributed by atoms with van der Waals surface area (Å²) in [5.41, 5.74) is 1.48. The Labute approximate surface area is 185 Å². The van der Waals surface area contributed by atoms with Gasteiger partial charge in [0.2, 0.25) is 0 Å².